The van der Waals surface area contributed by atoms with Gasteiger partial charge in [0.15, 0.2) is 0 Å². The fraction of sp³-hybridized carbons (Fsp3) is 1.00. The number of rotatable bonds is 8. The van der Waals surface area contributed by atoms with Crippen molar-refractivity contribution in [2.75, 3.05) is 19.6 Å². The summed E-state index contributed by atoms with van der Waals surface area (Å²) in [5.41, 5.74) is 11.0. The maximum Gasteiger partial charge on any atom is 0.00104 e. The molecule has 3 heteroatoms. The Kier molecular flexibility index (Phi) is 8.88. The maximum absolute atomic E-state index is 5.62. The molecular formula is C9H23N3. The van der Waals surface area contributed by atoms with Gasteiger partial charge in [0.05, 0.1) is 0 Å². The predicted molar refractivity (Wildman–Crippen MR) is 54.0 cm³/mol. The van der Waals surface area contributed by atoms with E-state index in [0.29, 0.717) is 6.04 Å². The minimum absolute atomic E-state index is 0.356. The Morgan fingerprint density at radius 3 is 2.42 bits per heavy atom. The number of nitrogens with one attached hydrogen (secondary N) is 1. The van der Waals surface area contributed by atoms with E-state index in [2.05, 4.69) is 12.2 Å². The van der Waals surface area contributed by atoms with Gasteiger partial charge in [-0.15, -0.1) is 0 Å². The molecule has 0 heterocycles. The van der Waals surface area contributed by atoms with Crippen molar-refractivity contribution in [2.45, 2.75) is 38.6 Å². The lowest BCUT2D eigenvalue weighted by molar-refractivity contribution is 0.559. The molecular weight excluding hydrogens is 150 g/mol. The Hall–Kier alpha value is -0.120. The first kappa shape index (κ1) is 11.9. The molecule has 0 aliphatic heterocycles. The summed E-state index contributed by atoms with van der Waals surface area (Å²) in [6, 6.07) is 0.356. The molecule has 0 aliphatic carbocycles. The van der Waals surface area contributed by atoms with E-state index in [-0.39, 0.29) is 0 Å². The average molecular weight is 173 g/mol. The van der Waals surface area contributed by atoms with Gasteiger partial charge < -0.3 is 16.8 Å². The molecule has 0 radical (unpaired) electrons. The van der Waals surface area contributed by atoms with Gasteiger partial charge in [0, 0.05) is 6.04 Å². The van der Waals surface area contributed by atoms with Crippen LogP contribution in [0.2, 0.25) is 0 Å². The van der Waals surface area contributed by atoms with Gasteiger partial charge in [-0.05, 0) is 45.8 Å². The molecule has 0 fully saturated rings. The van der Waals surface area contributed by atoms with Gasteiger partial charge in [-0.2, -0.15) is 0 Å². The van der Waals surface area contributed by atoms with E-state index in [9.17, 15) is 0 Å². The molecule has 1 atom stereocenters. The van der Waals surface area contributed by atoms with Crippen molar-refractivity contribution >= 4 is 0 Å². The predicted octanol–water partition coefficient (Wildman–Crippen LogP) is 0.442. The van der Waals surface area contributed by atoms with Crippen molar-refractivity contribution in [3.8, 4) is 0 Å². The standard InChI is InChI=1S/C9H23N3/c1-9(11)5-2-3-7-12-8-4-6-10/h9,12H,2-8,10-11H2,1H3. The first-order valence-electron chi connectivity index (χ1n) is 4.93. The normalized spacial score (nSPS) is 13.2. The quantitative estimate of drug-likeness (QED) is 0.467. The van der Waals surface area contributed by atoms with Crippen LogP contribution in [0.5, 0.6) is 0 Å². The van der Waals surface area contributed by atoms with Gasteiger partial charge >= 0.3 is 0 Å². The molecule has 0 spiro atoms. The van der Waals surface area contributed by atoms with Gasteiger partial charge in [-0.25, -0.2) is 0 Å². The van der Waals surface area contributed by atoms with Crippen LogP contribution in [0, 0.1) is 0 Å². The number of hydrogen-bond donors (Lipinski definition) is 3. The third-order valence-corrected chi connectivity index (χ3v) is 1.82. The van der Waals surface area contributed by atoms with Gasteiger partial charge in [0.25, 0.3) is 0 Å². The molecule has 0 amide bonds. The Morgan fingerprint density at radius 1 is 1.17 bits per heavy atom. The van der Waals surface area contributed by atoms with E-state index >= 15 is 0 Å². The summed E-state index contributed by atoms with van der Waals surface area (Å²) in [6.45, 7) is 5.00. The van der Waals surface area contributed by atoms with Crippen molar-refractivity contribution in [2.24, 2.45) is 11.5 Å². The molecule has 0 bridgehead atoms. The molecule has 5 N–H and O–H groups in total. The third kappa shape index (κ3) is 9.88. The van der Waals surface area contributed by atoms with E-state index in [4.69, 9.17) is 11.5 Å². The van der Waals surface area contributed by atoms with Crippen LogP contribution < -0.4 is 16.8 Å². The molecule has 12 heavy (non-hydrogen) atoms. The minimum atomic E-state index is 0.356. The first-order chi connectivity index (χ1) is 5.77. The molecule has 0 aliphatic rings. The van der Waals surface area contributed by atoms with Crippen LogP contribution in [0.1, 0.15) is 32.6 Å². The lowest BCUT2D eigenvalue weighted by atomic mass is 10.1. The Bertz CT molecular complexity index is 83.8. The third-order valence-electron chi connectivity index (χ3n) is 1.82. The van der Waals surface area contributed by atoms with E-state index in [1.54, 1.807) is 0 Å². The average Bonchev–Trinajstić information content (AvgIpc) is 2.02. The van der Waals surface area contributed by atoms with Gasteiger partial charge in [-0.1, -0.05) is 6.42 Å². The zero-order valence-corrected chi connectivity index (χ0v) is 8.18. The van der Waals surface area contributed by atoms with Crippen LogP contribution in [0.25, 0.3) is 0 Å². The zero-order chi connectivity index (χ0) is 9.23. The van der Waals surface area contributed by atoms with Gasteiger partial charge in [-0.3, -0.25) is 0 Å². The Balaban J connectivity index is 2.82. The second-order valence-corrected chi connectivity index (χ2v) is 3.37. The maximum atomic E-state index is 5.62. The fourth-order valence-corrected chi connectivity index (χ4v) is 1.07. The van der Waals surface area contributed by atoms with Crippen LogP contribution in [0.15, 0.2) is 0 Å². The van der Waals surface area contributed by atoms with Crippen LogP contribution in [-0.2, 0) is 0 Å². The number of unbranched alkanes of at least 4 members (excludes halogenated alkanes) is 1. The van der Waals surface area contributed by atoms with Crippen molar-refractivity contribution < 1.29 is 0 Å². The number of nitrogens with two attached hydrogens (primary N) is 2. The summed E-state index contributed by atoms with van der Waals surface area (Å²) in [6.07, 6.45) is 4.67. The Labute approximate surface area is 75.9 Å². The highest BCUT2D eigenvalue weighted by atomic mass is 14.8. The summed E-state index contributed by atoms with van der Waals surface area (Å²) in [5.74, 6) is 0. The molecule has 1 unspecified atom stereocenters. The SMILES string of the molecule is CC(N)CCCCNCCCN. The van der Waals surface area contributed by atoms with E-state index in [1.165, 1.54) is 12.8 Å². The second-order valence-electron chi connectivity index (χ2n) is 3.37. The van der Waals surface area contributed by atoms with Crippen molar-refractivity contribution in [1.29, 1.82) is 0 Å². The summed E-state index contributed by atoms with van der Waals surface area (Å²) in [4.78, 5) is 0. The van der Waals surface area contributed by atoms with Gasteiger partial charge in [0.1, 0.15) is 0 Å². The second kappa shape index (κ2) is 8.97. The molecule has 0 aromatic rings. The van der Waals surface area contributed by atoms with Crippen LogP contribution in [-0.4, -0.2) is 25.7 Å². The summed E-state index contributed by atoms with van der Waals surface area (Å²) in [7, 11) is 0. The molecule has 0 aromatic heterocycles. The summed E-state index contributed by atoms with van der Waals surface area (Å²) >= 11 is 0. The smallest absolute Gasteiger partial charge is 0.00104 e. The highest BCUT2D eigenvalue weighted by molar-refractivity contribution is 4.55. The lowest BCUT2D eigenvalue weighted by Crippen LogP contribution is -2.20. The van der Waals surface area contributed by atoms with E-state index < -0.39 is 0 Å². The molecule has 0 aromatic carbocycles. The highest BCUT2D eigenvalue weighted by Crippen LogP contribution is 1.96. The zero-order valence-electron chi connectivity index (χ0n) is 8.18. The Morgan fingerprint density at radius 2 is 1.83 bits per heavy atom. The lowest BCUT2D eigenvalue weighted by Gasteiger charge is -2.05. The largest absolute Gasteiger partial charge is 0.330 e. The van der Waals surface area contributed by atoms with Gasteiger partial charge in [0.2, 0.25) is 0 Å². The summed E-state index contributed by atoms with van der Waals surface area (Å²) < 4.78 is 0. The van der Waals surface area contributed by atoms with Crippen molar-refractivity contribution in [1.82, 2.24) is 5.32 Å². The van der Waals surface area contributed by atoms with Crippen LogP contribution in [0.4, 0.5) is 0 Å². The van der Waals surface area contributed by atoms with E-state index in [0.717, 1.165) is 32.5 Å². The number of hydrogen-bond acceptors (Lipinski definition) is 3. The molecule has 0 saturated heterocycles. The molecule has 0 rings (SSSR count). The first-order valence-corrected chi connectivity index (χ1v) is 4.93. The molecule has 74 valence electrons. The minimum Gasteiger partial charge on any atom is -0.330 e. The topological polar surface area (TPSA) is 64.1 Å². The van der Waals surface area contributed by atoms with Crippen molar-refractivity contribution in [3.05, 3.63) is 0 Å². The van der Waals surface area contributed by atoms with E-state index in [1.807, 2.05) is 0 Å². The molecule has 3 nitrogen and oxygen atoms in total. The van der Waals surface area contributed by atoms with Crippen molar-refractivity contribution in [3.63, 3.8) is 0 Å². The van der Waals surface area contributed by atoms with Crippen LogP contribution in [0.3, 0.4) is 0 Å². The summed E-state index contributed by atoms with van der Waals surface area (Å²) in [5, 5.41) is 3.34. The fourth-order valence-electron chi connectivity index (χ4n) is 1.07. The highest BCUT2D eigenvalue weighted by Gasteiger charge is 1.93. The molecule has 0 saturated carbocycles. The van der Waals surface area contributed by atoms with Crippen LogP contribution >= 0.6 is 0 Å². The monoisotopic (exact) mass is 173 g/mol.